The Morgan fingerprint density at radius 3 is 2.60 bits per heavy atom. The van der Waals surface area contributed by atoms with Crippen molar-refractivity contribution >= 4 is 0 Å². The maximum atomic E-state index is 6.17. The molecule has 2 aliphatic heterocycles. The highest BCUT2D eigenvalue weighted by Gasteiger charge is 2.43. The van der Waals surface area contributed by atoms with E-state index in [1.165, 1.54) is 36.0 Å². The van der Waals surface area contributed by atoms with Crippen molar-refractivity contribution in [1.82, 2.24) is 0 Å². The minimum Gasteiger partial charge on any atom is -0.493 e. The Morgan fingerprint density at radius 2 is 1.85 bits per heavy atom. The second-order valence-corrected chi connectivity index (χ2v) is 6.46. The van der Waals surface area contributed by atoms with Gasteiger partial charge in [0.1, 0.15) is 11.5 Å². The van der Waals surface area contributed by atoms with Crippen molar-refractivity contribution in [3.63, 3.8) is 0 Å². The van der Waals surface area contributed by atoms with Gasteiger partial charge in [-0.3, -0.25) is 0 Å². The fourth-order valence-corrected chi connectivity index (χ4v) is 4.05. The van der Waals surface area contributed by atoms with Gasteiger partial charge < -0.3 is 15.2 Å². The fraction of sp³-hybridized carbons (Fsp3) is 0.647. The Bertz CT molecular complexity index is 495. The monoisotopic (exact) mass is 273 g/mol. The second kappa shape index (κ2) is 4.66. The zero-order valence-electron chi connectivity index (χ0n) is 12.0. The summed E-state index contributed by atoms with van der Waals surface area (Å²) in [5.74, 6) is 2.26. The van der Waals surface area contributed by atoms with E-state index in [-0.39, 0.29) is 5.41 Å². The first-order valence-electron chi connectivity index (χ1n) is 7.99. The summed E-state index contributed by atoms with van der Waals surface area (Å²) in [6.45, 7) is 2.43. The molecule has 0 bridgehead atoms. The molecule has 1 fully saturated rings. The molecule has 0 aromatic heterocycles. The van der Waals surface area contributed by atoms with E-state index in [2.05, 4.69) is 6.07 Å². The molecular weight excluding hydrogens is 250 g/mol. The number of hydrogen-bond acceptors (Lipinski definition) is 3. The fourth-order valence-electron chi connectivity index (χ4n) is 4.05. The standard InChI is InChI=1S/C17H23NO2/c18-11-17(6-3-7-17)15-13-5-2-8-19-14(13)10-12-4-1-9-20-16(12)15/h10H,1-9,11,18H2. The summed E-state index contributed by atoms with van der Waals surface area (Å²) < 4.78 is 12.0. The van der Waals surface area contributed by atoms with Gasteiger partial charge >= 0.3 is 0 Å². The Hall–Kier alpha value is -1.22. The smallest absolute Gasteiger partial charge is 0.126 e. The van der Waals surface area contributed by atoms with Crippen LogP contribution in [0.3, 0.4) is 0 Å². The highest BCUT2D eigenvalue weighted by atomic mass is 16.5. The number of hydrogen-bond donors (Lipinski definition) is 1. The molecular formula is C17H23NO2. The highest BCUT2D eigenvalue weighted by molar-refractivity contribution is 5.59. The summed E-state index contributed by atoms with van der Waals surface area (Å²) in [6.07, 6.45) is 8.14. The van der Waals surface area contributed by atoms with Gasteiger partial charge in [0, 0.05) is 23.1 Å². The molecule has 0 unspecified atom stereocenters. The molecule has 108 valence electrons. The Labute approximate surface area is 120 Å². The molecule has 0 atom stereocenters. The Morgan fingerprint density at radius 1 is 1.05 bits per heavy atom. The summed E-state index contributed by atoms with van der Waals surface area (Å²) in [5.41, 5.74) is 10.5. The van der Waals surface area contributed by atoms with Gasteiger partial charge in [-0.2, -0.15) is 0 Å². The molecule has 3 nitrogen and oxygen atoms in total. The average molecular weight is 273 g/mol. The minimum absolute atomic E-state index is 0.160. The number of fused-ring (bicyclic) bond motifs is 2. The predicted molar refractivity (Wildman–Crippen MR) is 78.7 cm³/mol. The lowest BCUT2D eigenvalue weighted by Crippen LogP contribution is -2.43. The summed E-state index contributed by atoms with van der Waals surface area (Å²) in [5, 5.41) is 0. The van der Waals surface area contributed by atoms with E-state index in [4.69, 9.17) is 15.2 Å². The van der Waals surface area contributed by atoms with Gasteiger partial charge in [0.05, 0.1) is 13.2 Å². The normalized spacial score (nSPS) is 22.9. The van der Waals surface area contributed by atoms with Crippen molar-refractivity contribution < 1.29 is 9.47 Å². The van der Waals surface area contributed by atoms with Crippen molar-refractivity contribution in [2.24, 2.45) is 5.73 Å². The molecule has 0 saturated heterocycles. The summed E-state index contributed by atoms with van der Waals surface area (Å²) >= 11 is 0. The van der Waals surface area contributed by atoms with Crippen molar-refractivity contribution in [2.45, 2.75) is 50.4 Å². The van der Waals surface area contributed by atoms with Gasteiger partial charge in [0.2, 0.25) is 0 Å². The summed E-state index contributed by atoms with van der Waals surface area (Å²) in [7, 11) is 0. The van der Waals surface area contributed by atoms with Gasteiger partial charge in [0.15, 0.2) is 0 Å². The van der Waals surface area contributed by atoms with Crippen LogP contribution in [0.15, 0.2) is 6.07 Å². The lowest BCUT2D eigenvalue weighted by atomic mass is 9.62. The van der Waals surface area contributed by atoms with Crippen LogP contribution in [0.1, 0.15) is 48.8 Å². The van der Waals surface area contributed by atoms with Crippen LogP contribution < -0.4 is 15.2 Å². The molecule has 2 heterocycles. The van der Waals surface area contributed by atoms with Gasteiger partial charge in [-0.05, 0) is 50.2 Å². The molecule has 3 heteroatoms. The first kappa shape index (κ1) is 12.5. The van der Waals surface area contributed by atoms with E-state index < -0.39 is 0 Å². The van der Waals surface area contributed by atoms with Crippen LogP contribution >= 0.6 is 0 Å². The number of nitrogens with two attached hydrogens (primary N) is 1. The van der Waals surface area contributed by atoms with Gasteiger partial charge in [-0.15, -0.1) is 0 Å². The molecule has 1 aromatic rings. The van der Waals surface area contributed by atoms with Crippen LogP contribution in [0.4, 0.5) is 0 Å². The van der Waals surface area contributed by atoms with Gasteiger partial charge in [-0.1, -0.05) is 6.42 Å². The molecule has 0 spiro atoms. The third-order valence-corrected chi connectivity index (χ3v) is 5.32. The number of benzene rings is 1. The highest BCUT2D eigenvalue weighted by Crippen LogP contribution is 2.52. The molecule has 20 heavy (non-hydrogen) atoms. The molecule has 2 N–H and O–H groups in total. The van der Waals surface area contributed by atoms with E-state index in [1.807, 2.05) is 0 Å². The third-order valence-electron chi connectivity index (χ3n) is 5.32. The van der Waals surface area contributed by atoms with E-state index in [9.17, 15) is 0 Å². The molecule has 1 aliphatic carbocycles. The lowest BCUT2D eigenvalue weighted by molar-refractivity contribution is 0.217. The van der Waals surface area contributed by atoms with E-state index >= 15 is 0 Å². The molecule has 1 aromatic carbocycles. The first-order chi connectivity index (χ1) is 9.84. The number of ether oxygens (including phenoxy) is 2. The largest absolute Gasteiger partial charge is 0.493 e. The van der Waals surface area contributed by atoms with Crippen LogP contribution in [0.5, 0.6) is 11.5 Å². The molecule has 0 amide bonds. The van der Waals surface area contributed by atoms with E-state index in [0.717, 1.165) is 56.9 Å². The molecule has 1 saturated carbocycles. The van der Waals surface area contributed by atoms with Crippen molar-refractivity contribution in [3.8, 4) is 11.5 Å². The second-order valence-electron chi connectivity index (χ2n) is 6.46. The van der Waals surface area contributed by atoms with Crippen LogP contribution in [-0.4, -0.2) is 19.8 Å². The molecule has 4 rings (SSSR count). The Kier molecular flexibility index (Phi) is 2.92. The maximum Gasteiger partial charge on any atom is 0.126 e. The minimum atomic E-state index is 0.160. The first-order valence-corrected chi connectivity index (χ1v) is 7.99. The molecule has 0 radical (unpaired) electrons. The van der Waals surface area contributed by atoms with Crippen molar-refractivity contribution in [2.75, 3.05) is 19.8 Å². The third kappa shape index (κ3) is 1.69. The lowest BCUT2D eigenvalue weighted by Gasteiger charge is -2.45. The van der Waals surface area contributed by atoms with Gasteiger partial charge in [0.25, 0.3) is 0 Å². The summed E-state index contributed by atoms with van der Waals surface area (Å²) in [6, 6.07) is 2.23. The SMILES string of the molecule is NCC1(c2c3c(cc4c2OCCC4)OCCC3)CCC1. The van der Waals surface area contributed by atoms with Crippen LogP contribution in [0, 0.1) is 0 Å². The Balaban J connectivity index is 1.93. The van der Waals surface area contributed by atoms with Crippen LogP contribution in [0.2, 0.25) is 0 Å². The number of aryl methyl sites for hydroxylation is 1. The van der Waals surface area contributed by atoms with E-state index in [1.54, 1.807) is 0 Å². The number of rotatable bonds is 2. The average Bonchev–Trinajstić information content (AvgIpc) is 2.46. The zero-order valence-corrected chi connectivity index (χ0v) is 12.0. The predicted octanol–water partition coefficient (Wildman–Crippen LogP) is 2.72. The van der Waals surface area contributed by atoms with Crippen LogP contribution in [0.25, 0.3) is 0 Å². The topological polar surface area (TPSA) is 44.5 Å². The maximum absolute atomic E-state index is 6.17. The van der Waals surface area contributed by atoms with Crippen LogP contribution in [-0.2, 0) is 18.3 Å². The molecule has 3 aliphatic rings. The van der Waals surface area contributed by atoms with Crippen molar-refractivity contribution in [3.05, 3.63) is 22.8 Å². The quantitative estimate of drug-likeness (QED) is 0.901. The van der Waals surface area contributed by atoms with Crippen molar-refractivity contribution in [1.29, 1.82) is 0 Å². The zero-order chi connectivity index (χ0) is 13.6. The van der Waals surface area contributed by atoms with Gasteiger partial charge in [-0.25, -0.2) is 0 Å². The summed E-state index contributed by atoms with van der Waals surface area (Å²) in [4.78, 5) is 0. The van der Waals surface area contributed by atoms with E-state index in [0.29, 0.717) is 0 Å².